The van der Waals surface area contributed by atoms with Gasteiger partial charge in [0.15, 0.2) is 0 Å². The van der Waals surface area contributed by atoms with E-state index in [0.29, 0.717) is 24.0 Å². The zero-order valence-electron chi connectivity index (χ0n) is 28.1. The van der Waals surface area contributed by atoms with Gasteiger partial charge in [-0.3, -0.25) is 11.6 Å². The Morgan fingerprint density at radius 1 is 0.818 bits per heavy atom. The van der Waals surface area contributed by atoms with Crippen LogP contribution >= 0.6 is 0 Å². The average Bonchev–Trinajstić information content (AvgIpc) is 2.86. The molecule has 3 nitrogen and oxygen atoms in total. The topological polar surface area (TPSA) is 46.0 Å². The Bertz CT molecular complexity index is 1550. The zero-order chi connectivity index (χ0) is 31.8. The summed E-state index contributed by atoms with van der Waals surface area (Å²) in [7, 11) is 0. The molecule has 0 spiro atoms. The van der Waals surface area contributed by atoms with Crippen molar-refractivity contribution in [1.82, 2.24) is 9.97 Å². The minimum atomic E-state index is 0. The summed E-state index contributed by atoms with van der Waals surface area (Å²) in [4.78, 5) is 10.1. The third-order valence-corrected chi connectivity index (χ3v) is 7.02. The van der Waals surface area contributed by atoms with Gasteiger partial charge in [0, 0.05) is 43.3 Å². The number of aliphatic hydroxyl groups excluding tert-OH is 1. The largest absolute Gasteiger partial charge is 0.531 e. The molecular formula is C40H48IrN2O-2. The normalized spacial score (nSPS) is 11.2. The van der Waals surface area contributed by atoms with Gasteiger partial charge in [0.1, 0.15) is 0 Å². The Balaban J connectivity index is 0.000000412. The molecular weight excluding hydrogens is 717 g/mol. The SMILES string of the molecule is Cc1[c-]c(-c2ncc(-c3c(C)cccc3C)nc2-c2cc(C)cc(C)c2)cc(C)c1.[CH-]=C(/C=C(\O)CC(C)C)CC(C)C.[Ir]. The van der Waals surface area contributed by atoms with Crippen LogP contribution in [-0.2, 0) is 20.1 Å². The first-order valence-electron chi connectivity index (χ1n) is 15.3. The molecule has 4 rings (SSSR count). The van der Waals surface area contributed by atoms with Crippen LogP contribution in [0.3, 0.4) is 0 Å². The van der Waals surface area contributed by atoms with Crippen LogP contribution in [0.5, 0.6) is 0 Å². The van der Waals surface area contributed by atoms with Crippen LogP contribution < -0.4 is 0 Å². The molecule has 1 heterocycles. The fourth-order valence-corrected chi connectivity index (χ4v) is 5.48. The number of aliphatic hydroxyl groups is 1. The van der Waals surface area contributed by atoms with Gasteiger partial charge in [-0.15, -0.1) is 34.9 Å². The van der Waals surface area contributed by atoms with E-state index < -0.39 is 0 Å². The first-order chi connectivity index (χ1) is 20.2. The molecule has 0 unspecified atom stereocenters. The van der Waals surface area contributed by atoms with Crippen LogP contribution in [-0.4, -0.2) is 15.1 Å². The fourth-order valence-electron chi connectivity index (χ4n) is 5.48. The van der Waals surface area contributed by atoms with E-state index in [4.69, 9.17) is 16.5 Å². The van der Waals surface area contributed by atoms with E-state index in [0.717, 1.165) is 51.3 Å². The number of hydrogen-bond acceptors (Lipinski definition) is 3. The number of allylic oxidation sites excluding steroid dienone is 3. The second-order valence-electron chi connectivity index (χ2n) is 12.8. The van der Waals surface area contributed by atoms with E-state index in [9.17, 15) is 5.11 Å². The summed E-state index contributed by atoms with van der Waals surface area (Å²) in [5.41, 5.74) is 13.9. The van der Waals surface area contributed by atoms with Crippen molar-refractivity contribution in [3.05, 3.63) is 118 Å². The molecule has 0 atom stereocenters. The van der Waals surface area contributed by atoms with Crippen LogP contribution in [0.2, 0.25) is 0 Å². The maximum Gasteiger partial charge on any atom is 0.0878 e. The number of aryl methyl sites for hydroxylation is 6. The van der Waals surface area contributed by atoms with Gasteiger partial charge in [-0.1, -0.05) is 95.5 Å². The Labute approximate surface area is 280 Å². The standard InChI is InChI=1S/C28H27N2.C12H21O.Ir/c1-17-10-18(2)13-23(12-17)27-28(24-14-19(3)11-20(4)15-24)30-25(16-29-27)26-21(5)8-7-9-22(26)6;1-9(2)6-11(5)8-12(13)7-10(3)4;/h7-12,14-16H,1-6H3;5,8-10,13H,6-7H2,1-4H3;/q2*-1;/b;12-8-;. The van der Waals surface area contributed by atoms with Crippen LogP contribution in [0.25, 0.3) is 33.8 Å². The molecule has 0 bridgehead atoms. The van der Waals surface area contributed by atoms with Gasteiger partial charge in [-0.2, -0.15) is 6.08 Å². The summed E-state index contributed by atoms with van der Waals surface area (Å²) in [6.45, 7) is 26.8. The van der Waals surface area contributed by atoms with Crippen molar-refractivity contribution in [3.8, 4) is 33.8 Å². The van der Waals surface area contributed by atoms with Crippen LogP contribution in [0.4, 0.5) is 0 Å². The second kappa shape index (κ2) is 16.7. The third kappa shape index (κ3) is 10.7. The molecule has 1 radical (unpaired) electrons. The number of hydrogen-bond donors (Lipinski definition) is 1. The summed E-state index contributed by atoms with van der Waals surface area (Å²) in [6, 6.07) is 20.7. The van der Waals surface area contributed by atoms with Gasteiger partial charge in [-0.05, 0) is 62.6 Å². The quantitative estimate of drug-likeness (QED) is 0.110. The summed E-state index contributed by atoms with van der Waals surface area (Å²) < 4.78 is 0. The molecule has 1 N–H and O–H groups in total. The molecule has 1 aromatic heterocycles. The maximum absolute atomic E-state index is 9.46. The molecule has 0 aliphatic rings. The van der Waals surface area contributed by atoms with Crippen LogP contribution in [0, 0.1) is 66.0 Å². The number of rotatable bonds is 8. The molecule has 0 saturated carbocycles. The van der Waals surface area contributed by atoms with Gasteiger partial charge in [0.2, 0.25) is 0 Å². The molecule has 44 heavy (non-hydrogen) atoms. The smallest absolute Gasteiger partial charge is 0.0878 e. The molecule has 3 aromatic carbocycles. The predicted molar refractivity (Wildman–Crippen MR) is 183 cm³/mol. The van der Waals surface area contributed by atoms with E-state index in [2.05, 4.69) is 124 Å². The number of aromatic nitrogens is 2. The van der Waals surface area contributed by atoms with E-state index >= 15 is 0 Å². The molecule has 0 saturated heterocycles. The second-order valence-corrected chi connectivity index (χ2v) is 12.8. The Hall–Kier alpha value is -3.33. The van der Waals surface area contributed by atoms with Crippen molar-refractivity contribution in [2.45, 2.75) is 82.1 Å². The summed E-state index contributed by atoms with van der Waals surface area (Å²) in [5, 5.41) is 9.46. The van der Waals surface area contributed by atoms with E-state index in [1.807, 2.05) is 6.20 Å². The van der Waals surface area contributed by atoms with Gasteiger partial charge in [0.25, 0.3) is 0 Å². The Morgan fingerprint density at radius 2 is 1.39 bits per heavy atom. The molecule has 4 heteroatoms. The Kier molecular flexibility index (Phi) is 14.0. The predicted octanol–water partition coefficient (Wildman–Crippen LogP) is 11.0. The van der Waals surface area contributed by atoms with Crippen molar-refractivity contribution in [1.29, 1.82) is 0 Å². The molecule has 235 valence electrons. The first-order valence-corrected chi connectivity index (χ1v) is 15.3. The van der Waals surface area contributed by atoms with Gasteiger partial charge in [0.05, 0.1) is 11.4 Å². The average molecular weight is 765 g/mol. The number of nitrogens with zero attached hydrogens (tertiary/aromatic N) is 2. The third-order valence-electron chi connectivity index (χ3n) is 7.02. The van der Waals surface area contributed by atoms with E-state index in [1.165, 1.54) is 27.8 Å². The minimum Gasteiger partial charge on any atom is -0.531 e. The molecule has 0 fully saturated rings. The van der Waals surface area contributed by atoms with Crippen molar-refractivity contribution >= 4 is 0 Å². The Morgan fingerprint density at radius 3 is 1.93 bits per heavy atom. The van der Waals surface area contributed by atoms with Gasteiger partial charge >= 0.3 is 0 Å². The summed E-state index contributed by atoms with van der Waals surface area (Å²) in [6.07, 6.45) is 5.16. The van der Waals surface area contributed by atoms with Crippen molar-refractivity contribution in [3.63, 3.8) is 0 Å². The van der Waals surface area contributed by atoms with Crippen molar-refractivity contribution < 1.29 is 25.2 Å². The van der Waals surface area contributed by atoms with E-state index in [-0.39, 0.29) is 20.1 Å². The van der Waals surface area contributed by atoms with Crippen molar-refractivity contribution in [2.75, 3.05) is 0 Å². The van der Waals surface area contributed by atoms with Crippen LogP contribution in [0.15, 0.2) is 72.1 Å². The fraction of sp³-hybridized carbons (Fsp3) is 0.350. The molecule has 4 aromatic rings. The van der Waals surface area contributed by atoms with Gasteiger partial charge in [-0.25, -0.2) is 5.57 Å². The molecule has 0 aliphatic heterocycles. The first kappa shape index (κ1) is 36.9. The summed E-state index contributed by atoms with van der Waals surface area (Å²) >= 11 is 0. The van der Waals surface area contributed by atoms with Crippen LogP contribution in [0.1, 0.15) is 73.9 Å². The monoisotopic (exact) mass is 765 g/mol. The molecule has 0 amide bonds. The zero-order valence-corrected chi connectivity index (χ0v) is 30.5. The van der Waals surface area contributed by atoms with Crippen molar-refractivity contribution in [2.24, 2.45) is 11.8 Å². The maximum atomic E-state index is 9.46. The van der Waals surface area contributed by atoms with Gasteiger partial charge < -0.3 is 10.1 Å². The number of benzene rings is 3. The molecule has 0 aliphatic carbocycles. The minimum absolute atomic E-state index is 0. The summed E-state index contributed by atoms with van der Waals surface area (Å²) in [5.74, 6) is 1.42. The van der Waals surface area contributed by atoms with E-state index in [1.54, 1.807) is 6.08 Å².